The van der Waals surface area contributed by atoms with Crippen molar-refractivity contribution in [3.05, 3.63) is 28.8 Å². The minimum Gasteiger partial charge on any atom is -0.493 e. The Kier molecular flexibility index (Phi) is 4.54. The summed E-state index contributed by atoms with van der Waals surface area (Å²) in [7, 11) is 3.17. The van der Waals surface area contributed by atoms with Crippen LogP contribution >= 0.6 is 11.3 Å². The second-order valence-electron chi connectivity index (χ2n) is 5.69. The summed E-state index contributed by atoms with van der Waals surface area (Å²) in [5.41, 5.74) is 14.0. The van der Waals surface area contributed by atoms with Gasteiger partial charge in [0.15, 0.2) is 11.5 Å². The number of nitrogens with two attached hydrogens (primary N) is 2. The number of anilines is 1. The number of fused-ring (bicyclic) bond motifs is 3. The SMILES string of the molecule is COc1cc2c(cc1OC)-c1sc(NC(N)=O)c(C(N)=O)c1CCC2. The first-order chi connectivity index (χ1) is 12.0. The molecule has 1 aromatic carbocycles. The van der Waals surface area contributed by atoms with Crippen molar-refractivity contribution in [2.45, 2.75) is 19.3 Å². The van der Waals surface area contributed by atoms with E-state index in [1.54, 1.807) is 14.2 Å². The molecular weight excluding hydrogens is 342 g/mol. The molecule has 0 fully saturated rings. The first kappa shape index (κ1) is 17.1. The van der Waals surface area contributed by atoms with E-state index < -0.39 is 11.9 Å². The Morgan fingerprint density at radius 1 is 1.12 bits per heavy atom. The average Bonchev–Trinajstić information content (AvgIpc) is 2.82. The predicted octanol–water partition coefficient (Wildman–Crippen LogP) is 2.51. The highest BCUT2D eigenvalue weighted by Crippen LogP contribution is 2.46. The summed E-state index contributed by atoms with van der Waals surface area (Å²) >= 11 is 1.30. The number of thiophene rings is 1. The van der Waals surface area contributed by atoms with E-state index in [1.807, 2.05) is 12.1 Å². The fourth-order valence-corrected chi connectivity index (χ4v) is 4.49. The second-order valence-corrected chi connectivity index (χ2v) is 6.71. The molecule has 2 aromatic rings. The van der Waals surface area contributed by atoms with Crippen LogP contribution in [-0.4, -0.2) is 26.2 Å². The summed E-state index contributed by atoms with van der Waals surface area (Å²) in [6, 6.07) is 3.12. The molecule has 0 radical (unpaired) electrons. The lowest BCUT2D eigenvalue weighted by molar-refractivity contribution is 0.100. The lowest BCUT2D eigenvalue weighted by atomic mass is 10.0. The molecule has 0 bridgehead atoms. The Hall–Kier alpha value is -2.74. The van der Waals surface area contributed by atoms with Crippen LogP contribution in [0.25, 0.3) is 10.4 Å². The van der Waals surface area contributed by atoms with Crippen molar-refractivity contribution >= 4 is 28.3 Å². The number of rotatable bonds is 4. The van der Waals surface area contributed by atoms with Crippen LogP contribution in [0.2, 0.25) is 0 Å². The molecule has 132 valence electrons. The zero-order chi connectivity index (χ0) is 18.1. The van der Waals surface area contributed by atoms with E-state index in [0.29, 0.717) is 28.5 Å². The maximum atomic E-state index is 12.0. The van der Waals surface area contributed by atoms with Gasteiger partial charge in [-0.05, 0) is 48.1 Å². The van der Waals surface area contributed by atoms with Gasteiger partial charge in [-0.25, -0.2) is 4.79 Å². The number of urea groups is 1. The van der Waals surface area contributed by atoms with Crippen LogP contribution in [-0.2, 0) is 12.8 Å². The highest BCUT2D eigenvalue weighted by molar-refractivity contribution is 7.20. The summed E-state index contributed by atoms with van der Waals surface area (Å²) in [6.07, 6.45) is 2.38. The average molecular weight is 361 g/mol. The second kappa shape index (κ2) is 6.64. The monoisotopic (exact) mass is 361 g/mol. The first-order valence-electron chi connectivity index (χ1n) is 7.73. The summed E-state index contributed by atoms with van der Waals surface area (Å²) in [5.74, 6) is 0.685. The third kappa shape index (κ3) is 3.00. The smallest absolute Gasteiger partial charge is 0.317 e. The Morgan fingerprint density at radius 3 is 2.40 bits per heavy atom. The number of nitrogens with one attached hydrogen (secondary N) is 1. The summed E-state index contributed by atoms with van der Waals surface area (Å²) in [4.78, 5) is 24.2. The van der Waals surface area contributed by atoms with Gasteiger partial charge >= 0.3 is 6.03 Å². The number of amides is 3. The van der Waals surface area contributed by atoms with Gasteiger partial charge in [0, 0.05) is 4.88 Å². The standard InChI is InChI=1S/C17H19N3O4S/c1-23-11-6-8-4-3-5-9-13(15(18)21)16(20-17(19)22)25-14(9)10(8)7-12(11)24-2/h6-7H,3-5H2,1-2H3,(H2,18,21)(H3,19,20,22). The Bertz CT molecular complexity index is 860. The number of aryl methyl sites for hydroxylation is 1. The van der Waals surface area contributed by atoms with Crippen molar-refractivity contribution in [2.24, 2.45) is 11.5 Å². The molecule has 3 rings (SSSR count). The van der Waals surface area contributed by atoms with Crippen LogP contribution in [0.15, 0.2) is 12.1 Å². The topological polar surface area (TPSA) is 117 Å². The van der Waals surface area contributed by atoms with Gasteiger partial charge in [-0.2, -0.15) is 0 Å². The zero-order valence-electron chi connectivity index (χ0n) is 14.0. The van der Waals surface area contributed by atoms with Gasteiger partial charge in [0.2, 0.25) is 0 Å². The van der Waals surface area contributed by atoms with Crippen LogP contribution in [0.4, 0.5) is 9.80 Å². The van der Waals surface area contributed by atoms with E-state index in [4.69, 9.17) is 20.9 Å². The number of methoxy groups -OCH3 is 2. The third-order valence-corrected chi connectivity index (χ3v) is 5.40. The minimum absolute atomic E-state index is 0.335. The third-order valence-electron chi connectivity index (χ3n) is 4.22. The van der Waals surface area contributed by atoms with Crippen LogP contribution in [0.1, 0.15) is 27.9 Å². The molecule has 1 aliphatic carbocycles. The Balaban J connectivity index is 2.25. The van der Waals surface area contributed by atoms with Gasteiger partial charge in [0.1, 0.15) is 5.00 Å². The molecule has 0 saturated carbocycles. The van der Waals surface area contributed by atoms with Gasteiger partial charge in [-0.15, -0.1) is 11.3 Å². The largest absolute Gasteiger partial charge is 0.493 e. The van der Waals surface area contributed by atoms with Crippen molar-refractivity contribution < 1.29 is 19.1 Å². The molecule has 1 aromatic heterocycles. The molecule has 25 heavy (non-hydrogen) atoms. The van der Waals surface area contributed by atoms with E-state index in [-0.39, 0.29) is 0 Å². The molecule has 0 saturated heterocycles. The van der Waals surface area contributed by atoms with Crippen LogP contribution in [0, 0.1) is 0 Å². The highest BCUT2D eigenvalue weighted by Gasteiger charge is 2.27. The molecule has 1 heterocycles. The molecule has 0 unspecified atom stereocenters. The predicted molar refractivity (Wildman–Crippen MR) is 96.6 cm³/mol. The van der Waals surface area contributed by atoms with Crippen molar-refractivity contribution in [1.82, 2.24) is 0 Å². The molecule has 7 nitrogen and oxygen atoms in total. The number of ether oxygens (including phenoxy) is 2. The quantitative estimate of drug-likeness (QED) is 0.775. The van der Waals surface area contributed by atoms with Crippen molar-refractivity contribution in [3.8, 4) is 21.9 Å². The minimum atomic E-state index is -0.730. The fourth-order valence-electron chi connectivity index (χ4n) is 3.18. The highest BCUT2D eigenvalue weighted by atomic mass is 32.1. The molecule has 3 amide bonds. The number of hydrogen-bond acceptors (Lipinski definition) is 5. The number of hydrogen-bond donors (Lipinski definition) is 3. The van der Waals surface area contributed by atoms with Gasteiger partial charge in [0.05, 0.1) is 19.8 Å². The van der Waals surface area contributed by atoms with E-state index in [9.17, 15) is 9.59 Å². The van der Waals surface area contributed by atoms with Crippen LogP contribution < -0.4 is 26.3 Å². The van der Waals surface area contributed by atoms with Gasteiger partial charge in [-0.3, -0.25) is 10.1 Å². The van der Waals surface area contributed by atoms with E-state index >= 15 is 0 Å². The molecule has 0 aliphatic heterocycles. The summed E-state index contributed by atoms with van der Waals surface area (Å²) in [6.45, 7) is 0. The molecule has 1 aliphatic rings. The number of benzene rings is 1. The Morgan fingerprint density at radius 2 is 1.80 bits per heavy atom. The van der Waals surface area contributed by atoms with Crippen molar-refractivity contribution in [1.29, 1.82) is 0 Å². The van der Waals surface area contributed by atoms with E-state index in [1.165, 1.54) is 11.3 Å². The molecule has 8 heteroatoms. The van der Waals surface area contributed by atoms with Gasteiger partial charge in [-0.1, -0.05) is 0 Å². The zero-order valence-corrected chi connectivity index (χ0v) is 14.8. The maximum absolute atomic E-state index is 12.0. The summed E-state index contributed by atoms with van der Waals surface area (Å²) in [5, 5.41) is 2.90. The molecule has 5 N–H and O–H groups in total. The molecule has 0 atom stereocenters. The molecule has 0 spiro atoms. The van der Waals surface area contributed by atoms with Gasteiger partial charge in [0.25, 0.3) is 5.91 Å². The van der Waals surface area contributed by atoms with Gasteiger partial charge < -0.3 is 20.9 Å². The van der Waals surface area contributed by atoms with E-state index in [2.05, 4.69) is 5.32 Å². The lowest BCUT2D eigenvalue weighted by Crippen LogP contribution is -2.22. The molecular formula is C17H19N3O4S. The van der Waals surface area contributed by atoms with E-state index in [0.717, 1.165) is 34.4 Å². The number of primary amides is 2. The normalized spacial score (nSPS) is 12.6. The number of carbonyl (C=O) groups is 2. The van der Waals surface area contributed by atoms with Crippen LogP contribution in [0.5, 0.6) is 11.5 Å². The maximum Gasteiger partial charge on any atom is 0.317 e. The van der Waals surface area contributed by atoms with Crippen molar-refractivity contribution in [2.75, 3.05) is 19.5 Å². The first-order valence-corrected chi connectivity index (χ1v) is 8.55. The lowest BCUT2D eigenvalue weighted by Gasteiger charge is -2.13. The number of carbonyl (C=O) groups excluding carboxylic acids is 2. The fraction of sp³-hybridized carbons (Fsp3) is 0.294. The van der Waals surface area contributed by atoms with Crippen molar-refractivity contribution in [3.63, 3.8) is 0 Å². The Labute approximate surface area is 148 Å². The summed E-state index contributed by atoms with van der Waals surface area (Å²) < 4.78 is 10.8. The van der Waals surface area contributed by atoms with Crippen LogP contribution in [0.3, 0.4) is 0 Å².